The van der Waals surface area contributed by atoms with Gasteiger partial charge in [0.1, 0.15) is 0 Å². The number of halogens is 1. The second kappa shape index (κ2) is 2.87. The fraction of sp³-hybridized carbons (Fsp3) is 0.750. The standard InChI is InChI=1S/C8H13Br/c1-3-4-5-7-6(2)8(7)9/h7-8H,2-5H2,1H3/t7-,8+/m1/s1. The van der Waals surface area contributed by atoms with E-state index in [1.165, 1.54) is 24.8 Å². The average molecular weight is 189 g/mol. The Morgan fingerprint density at radius 2 is 2.22 bits per heavy atom. The van der Waals surface area contributed by atoms with Crippen LogP contribution >= 0.6 is 15.9 Å². The van der Waals surface area contributed by atoms with Gasteiger partial charge in [0.2, 0.25) is 0 Å². The highest BCUT2D eigenvalue weighted by molar-refractivity contribution is 9.09. The summed E-state index contributed by atoms with van der Waals surface area (Å²) in [6, 6.07) is 0. The molecule has 0 radical (unpaired) electrons. The van der Waals surface area contributed by atoms with Crippen LogP contribution in [0.25, 0.3) is 0 Å². The van der Waals surface area contributed by atoms with E-state index in [0.29, 0.717) is 4.83 Å². The highest BCUT2D eigenvalue weighted by atomic mass is 79.9. The molecule has 0 amide bonds. The molecular formula is C8H13Br. The van der Waals surface area contributed by atoms with E-state index in [-0.39, 0.29) is 0 Å². The van der Waals surface area contributed by atoms with Crippen molar-refractivity contribution in [1.82, 2.24) is 0 Å². The molecule has 0 aliphatic heterocycles. The minimum absolute atomic E-state index is 0.657. The third kappa shape index (κ3) is 1.57. The Labute approximate surface area is 65.5 Å². The maximum Gasteiger partial charge on any atom is 0.0421 e. The maximum atomic E-state index is 3.94. The van der Waals surface area contributed by atoms with Crippen molar-refractivity contribution in [2.75, 3.05) is 0 Å². The van der Waals surface area contributed by atoms with Crippen molar-refractivity contribution < 1.29 is 0 Å². The molecule has 0 aromatic rings. The molecule has 0 N–H and O–H groups in total. The van der Waals surface area contributed by atoms with Gasteiger partial charge in [-0.05, 0) is 12.3 Å². The van der Waals surface area contributed by atoms with Crippen molar-refractivity contribution in [2.24, 2.45) is 5.92 Å². The Hall–Kier alpha value is 0.220. The average Bonchev–Trinajstić information content (AvgIpc) is 2.39. The first kappa shape index (κ1) is 7.33. The Morgan fingerprint density at radius 3 is 2.56 bits per heavy atom. The molecule has 1 saturated carbocycles. The predicted molar refractivity (Wildman–Crippen MR) is 44.9 cm³/mol. The van der Waals surface area contributed by atoms with Crippen LogP contribution < -0.4 is 0 Å². The first-order chi connectivity index (χ1) is 4.27. The van der Waals surface area contributed by atoms with Gasteiger partial charge >= 0.3 is 0 Å². The maximum absolute atomic E-state index is 3.94. The van der Waals surface area contributed by atoms with E-state index >= 15 is 0 Å². The van der Waals surface area contributed by atoms with Gasteiger partial charge in [0.05, 0.1) is 0 Å². The summed E-state index contributed by atoms with van der Waals surface area (Å²) in [6.45, 7) is 6.17. The normalized spacial score (nSPS) is 32.9. The third-order valence-corrected chi connectivity index (χ3v) is 3.17. The zero-order chi connectivity index (χ0) is 6.85. The first-order valence-corrected chi connectivity index (χ1v) is 4.51. The van der Waals surface area contributed by atoms with Crippen molar-refractivity contribution in [2.45, 2.75) is 31.0 Å². The second-order valence-electron chi connectivity index (χ2n) is 2.73. The molecule has 0 heterocycles. The number of alkyl halides is 1. The Kier molecular flexibility index (Phi) is 2.34. The molecule has 0 aromatic heterocycles. The number of allylic oxidation sites excluding steroid dienone is 1. The number of rotatable bonds is 3. The van der Waals surface area contributed by atoms with Crippen LogP contribution in [0, 0.1) is 5.92 Å². The van der Waals surface area contributed by atoms with Crippen molar-refractivity contribution in [3.63, 3.8) is 0 Å². The summed E-state index contributed by atoms with van der Waals surface area (Å²) in [4.78, 5) is 0.657. The van der Waals surface area contributed by atoms with Gasteiger partial charge in [-0.15, -0.1) is 0 Å². The Bertz CT molecular complexity index is 118. The molecule has 0 saturated heterocycles. The number of unbranched alkanes of at least 4 members (excludes halogenated alkanes) is 1. The van der Waals surface area contributed by atoms with Gasteiger partial charge in [-0.1, -0.05) is 47.8 Å². The van der Waals surface area contributed by atoms with Gasteiger partial charge in [0.15, 0.2) is 0 Å². The van der Waals surface area contributed by atoms with Crippen LogP contribution in [0.4, 0.5) is 0 Å². The van der Waals surface area contributed by atoms with Gasteiger partial charge in [-0.2, -0.15) is 0 Å². The van der Waals surface area contributed by atoms with Crippen LogP contribution in [0.2, 0.25) is 0 Å². The topological polar surface area (TPSA) is 0 Å². The summed E-state index contributed by atoms with van der Waals surface area (Å²) >= 11 is 3.54. The predicted octanol–water partition coefficient (Wildman–Crippen LogP) is 3.13. The zero-order valence-electron chi connectivity index (χ0n) is 5.86. The van der Waals surface area contributed by atoms with Crippen LogP contribution in [0.1, 0.15) is 26.2 Å². The lowest BCUT2D eigenvalue weighted by Crippen LogP contribution is -1.78. The SMILES string of the molecule is C=C1[C@@H](CCCC)[C@H]1Br. The Balaban J connectivity index is 2.11. The first-order valence-electron chi connectivity index (χ1n) is 3.60. The molecule has 0 nitrogen and oxygen atoms in total. The minimum atomic E-state index is 0.657. The van der Waals surface area contributed by atoms with E-state index in [9.17, 15) is 0 Å². The summed E-state index contributed by atoms with van der Waals surface area (Å²) in [5.41, 5.74) is 1.41. The molecule has 1 fully saturated rings. The van der Waals surface area contributed by atoms with Gasteiger partial charge in [-0.3, -0.25) is 0 Å². The van der Waals surface area contributed by atoms with Crippen molar-refractivity contribution in [3.8, 4) is 0 Å². The monoisotopic (exact) mass is 188 g/mol. The van der Waals surface area contributed by atoms with E-state index in [0.717, 1.165) is 5.92 Å². The van der Waals surface area contributed by atoms with Crippen LogP contribution in [0.3, 0.4) is 0 Å². The highest BCUT2D eigenvalue weighted by Crippen LogP contribution is 2.46. The molecule has 1 heteroatoms. The van der Waals surface area contributed by atoms with Crippen LogP contribution in [-0.4, -0.2) is 4.83 Å². The summed E-state index contributed by atoms with van der Waals surface area (Å²) < 4.78 is 0. The van der Waals surface area contributed by atoms with Gasteiger partial charge in [-0.25, -0.2) is 0 Å². The minimum Gasteiger partial charge on any atom is -0.0984 e. The zero-order valence-corrected chi connectivity index (χ0v) is 7.45. The molecule has 0 bridgehead atoms. The molecule has 1 rings (SSSR count). The third-order valence-electron chi connectivity index (χ3n) is 1.94. The molecule has 1 aliphatic carbocycles. The van der Waals surface area contributed by atoms with Crippen molar-refractivity contribution >= 4 is 15.9 Å². The van der Waals surface area contributed by atoms with Crippen molar-refractivity contribution in [1.29, 1.82) is 0 Å². The van der Waals surface area contributed by atoms with Gasteiger partial charge in [0.25, 0.3) is 0 Å². The van der Waals surface area contributed by atoms with Crippen molar-refractivity contribution in [3.05, 3.63) is 12.2 Å². The quantitative estimate of drug-likeness (QED) is 0.472. The van der Waals surface area contributed by atoms with Crippen LogP contribution in [0.15, 0.2) is 12.2 Å². The summed E-state index contributed by atoms with van der Waals surface area (Å²) in [5.74, 6) is 0.810. The summed E-state index contributed by atoms with van der Waals surface area (Å²) in [6.07, 6.45) is 4.00. The van der Waals surface area contributed by atoms with E-state index in [2.05, 4.69) is 29.4 Å². The van der Waals surface area contributed by atoms with E-state index in [4.69, 9.17) is 0 Å². The molecule has 0 unspecified atom stereocenters. The smallest absolute Gasteiger partial charge is 0.0421 e. The molecule has 0 spiro atoms. The molecule has 9 heavy (non-hydrogen) atoms. The number of hydrogen-bond acceptors (Lipinski definition) is 0. The Morgan fingerprint density at radius 1 is 1.67 bits per heavy atom. The lowest BCUT2D eigenvalue weighted by atomic mass is 10.2. The van der Waals surface area contributed by atoms with Crippen LogP contribution in [0.5, 0.6) is 0 Å². The van der Waals surface area contributed by atoms with E-state index in [1.54, 1.807) is 0 Å². The summed E-state index contributed by atoms with van der Waals surface area (Å²) in [5, 5.41) is 0. The molecule has 2 atom stereocenters. The largest absolute Gasteiger partial charge is 0.0984 e. The molecular weight excluding hydrogens is 176 g/mol. The van der Waals surface area contributed by atoms with E-state index in [1.807, 2.05) is 0 Å². The fourth-order valence-corrected chi connectivity index (χ4v) is 1.88. The van der Waals surface area contributed by atoms with Gasteiger partial charge in [0, 0.05) is 4.83 Å². The lowest BCUT2D eigenvalue weighted by molar-refractivity contribution is 0.673. The second-order valence-corrected chi connectivity index (χ2v) is 3.71. The molecule has 52 valence electrons. The van der Waals surface area contributed by atoms with E-state index < -0.39 is 0 Å². The fourth-order valence-electron chi connectivity index (χ4n) is 1.09. The van der Waals surface area contributed by atoms with Crippen LogP contribution in [-0.2, 0) is 0 Å². The van der Waals surface area contributed by atoms with Gasteiger partial charge < -0.3 is 0 Å². The summed E-state index contributed by atoms with van der Waals surface area (Å²) in [7, 11) is 0. The lowest BCUT2D eigenvalue weighted by Gasteiger charge is -1.90. The molecule has 1 aliphatic rings. The number of hydrogen-bond donors (Lipinski definition) is 0. The molecule has 0 aromatic carbocycles. The highest BCUT2D eigenvalue weighted by Gasteiger charge is 2.38.